The van der Waals surface area contributed by atoms with Gasteiger partial charge in [0, 0.05) is 30.0 Å². The SMILES string of the molecule is CCOc1ccc(-c2cc(N3CC(=O)NC3=S)cc(C)c2N2CCOCC2)cc1. The van der Waals surface area contributed by atoms with E-state index in [0.717, 1.165) is 54.4 Å². The Bertz CT molecular complexity index is 924. The average Bonchev–Trinajstić information content (AvgIpc) is 3.07. The van der Waals surface area contributed by atoms with Crippen molar-refractivity contribution in [3.05, 3.63) is 42.0 Å². The van der Waals surface area contributed by atoms with Crippen LogP contribution >= 0.6 is 12.2 Å². The molecule has 0 aromatic heterocycles. The van der Waals surface area contributed by atoms with E-state index in [-0.39, 0.29) is 12.5 Å². The molecule has 1 amide bonds. The Morgan fingerprint density at radius 1 is 1.17 bits per heavy atom. The van der Waals surface area contributed by atoms with Crippen LogP contribution in [0.1, 0.15) is 12.5 Å². The zero-order valence-corrected chi connectivity index (χ0v) is 17.6. The first-order valence-corrected chi connectivity index (χ1v) is 10.3. The molecule has 2 aromatic carbocycles. The van der Waals surface area contributed by atoms with Crippen molar-refractivity contribution in [1.82, 2.24) is 5.32 Å². The molecule has 6 nitrogen and oxygen atoms in total. The van der Waals surface area contributed by atoms with Crippen LogP contribution in [0.3, 0.4) is 0 Å². The van der Waals surface area contributed by atoms with Gasteiger partial charge in [0.1, 0.15) is 12.3 Å². The third kappa shape index (κ3) is 4.06. The predicted octanol–water partition coefficient (Wildman–Crippen LogP) is 3.12. The second-order valence-corrected chi connectivity index (χ2v) is 7.54. The summed E-state index contributed by atoms with van der Waals surface area (Å²) in [5.74, 6) is 0.778. The Morgan fingerprint density at radius 2 is 1.90 bits per heavy atom. The van der Waals surface area contributed by atoms with Gasteiger partial charge in [0.25, 0.3) is 0 Å². The van der Waals surface area contributed by atoms with Gasteiger partial charge < -0.3 is 24.6 Å². The van der Waals surface area contributed by atoms with Crippen molar-refractivity contribution in [3.8, 4) is 16.9 Å². The van der Waals surface area contributed by atoms with Gasteiger partial charge in [-0.05, 0) is 61.5 Å². The molecular formula is C22H25N3O3S. The molecule has 29 heavy (non-hydrogen) atoms. The van der Waals surface area contributed by atoms with Crippen LogP contribution in [0.5, 0.6) is 5.75 Å². The zero-order chi connectivity index (χ0) is 20.4. The summed E-state index contributed by atoms with van der Waals surface area (Å²) >= 11 is 5.36. The number of morpholine rings is 1. The third-order valence-electron chi connectivity index (χ3n) is 5.19. The smallest absolute Gasteiger partial charge is 0.246 e. The molecule has 0 spiro atoms. The second kappa shape index (κ2) is 8.39. The van der Waals surface area contributed by atoms with E-state index < -0.39 is 0 Å². The molecule has 0 unspecified atom stereocenters. The number of nitrogens with one attached hydrogen (secondary N) is 1. The number of amides is 1. The summed E-state index contributed by atoms with van der Waals surface area (Å²) in [6.45, 7) is 8.13. The van der Waals surface area contributed by atoms with Crippen molar-refractivity contribution in [3.63, 3.8) is 0 Å². The van der Waals surface area contributed by atoms with Gasteiger partial charge in [-0.25, -0.2) is 0 Å². The summed E-state index contributed by atoms with van der Waals surface area (Å²) in [5.41, 5.74) is 5.49. The van der Waals surface area contributed by atoms with Crippen LogP contribution in [0.25, 0.3) is 11.1 Å². The van der Waals surface area contributed by atoms with Gasteiger partial charge in [-0.3, -0.25) is 4.79 Å². The van der Waals surface area contributed by atoms with E-state index in [0.29, 0.717) is 11.7 Å². The third-order valence-corrected chi connectivity index (χ3v) is 5.52. The highest BCUT2D eigenvalue weighted by molar-refractivity contribution is 7.80. The first kappa shape index (κ1) is 19.7. The van der Waals surface area contributed by atoms with Crippen LogP contribution in [0.15, 0.2) is 36.4 Å². The highest BCUT2D eigenvalue weighted by Crippen LogP contribution is 2.39. The zero-order valence-electron chi connectivity index (χ0n) is 16.7. The molecule has 0 atom stereocenters. The number of rotatable bonds is 5. The lowest BCUT2D eigenvalue weighted by Crippen LogP contribution is -2.37. The van der Waals surface area contributed by atoms with Crippen LogP contribution in [0, 0.1) is 6.92 Å². The number of hydrogen-bond acceptors (Lipinski definition) is 5. The average molecular weight is 412 g/mol. The number of benzene rings is 2. The lowest BCUT2D eigenvalue weighted by Gasteiger charge is -2.33. The summed E-state index contributed by atoms with van der Waals surface area (Å²) in [6.07, 6.45) is 0. The lowest BCUT2D eigenvalue weighted by molar-refractivity contribution is -0.117. The molecule has 2 fully saturated rings. The fraction of sp³-hybridized carbons (Fsp3) is 0.364. The standard InChI is InChI=1S/C22H25N3O3S/c1-3-28-18-6-4-16(5-7-18)19-13-17(25-14-20(26)23-22(25)29)12-15(2)21(19)24-8-10-27-11-9-24/h4-7,12-13H,3,8-11,14H2,1-2H3,(H,23,26,29). The minimum atomic E-state index is -0.0764. The van der Waals surface area contributed by atoms with Crippen LogP contribution in [-0.4, -0.2) is 50.5 Å². The number of nitrogens with zero attached hydrogens (tertiary/aromatic N) is 2. The number of carbonyl (C=O) groups is 1. The number of aryl methyl sites for hydroxylation is 1. The highest BCUT2D eigenvalue weighted by Gasteiger charge is 2.27. The molecule has 1 N–H and O–H groups in total. The molecule has 0 bridgehead atoms. The topological polar surface area (TPSA) is 54.0 Å². The van der Waals surface area contributed by atoms with Crippen molar-refractivity contribution >= 4 is 34.6 Å². The van der Waals surface area contributed by atoms with Crippen molar-refractivity contribution in [2.24, 2.45) is 0 Å². The van der Waals surface area contributed by atoms with E-state index in [1.54, 1.807) is 0 Å². The summed E-state index contributed by atoms with van der Waals surface area (Å²) in [6, 6.07) is 12.4. The summed E-state index contributed by atoms with van der Waals surface area (Å²) in [7, 11) is 0. The largest absolute Gasteiger partial charge is 0.494 e. The lowest BCUT2D eigenvalue weighted by atomic mass is 9.97. The maximum absolute atomic E-state index is 11.8. The van der Waals surface area contributed by atoms with Gasteiger partial charge in [-0.15, -0.1) is 0 Å². The molecule has 0 radical (unpaired) electrons. The van der Waals surface area contributed by atoms with Gasteiger partial charge in [0.05, 0.1) is 19.8 Å². The molecule has 152 valence electrons. The van der Waals surface area contributed by atoms with E-state index in [2.05, 4.69) is 41.4 Å². The molecule has 7 heteroatoms. The monoisotopic (exact) mass is 411 g/mol. The Balaban J connectivity index is 1.80. The van der Waals surface area contributed by atoms with E-state index in [9.17, 15) is 4.79 Å². The minimum Gasteiger partial charge on any atom is -0.494 e. The number of anilines is 2. The van der Waals surface area contributed by atoms with Gasteiger partial charge in [0.2, 0.25) is 5.91 Å². The fourth-order valence-electron chi connectivity index (χ4n) is 3.89. The number of hydrogen-bond donors (Lipinski definition) is 1. The summed E-state index contributed by atoms with van der Waals surface area (Å²) in [4.78, 5) is 16.0. The first-order chi connectivity index (χ1) is 14.1. The molecule has 2 saturated heterocycles. The maximum Gasteiger partial charge on any atom is 0.246 e. The predicted molar refractivity (Wildman–Crippen MR) is 119 cm³/mol. The van der Waals surface area contributed by atoms with Crippen LogP contribution in [0.2, 0.25) is 0 Å². The van der Waals surface area contributed by atoms with Gasteiger partial charge >= 0.3 is 0 Å². The highest BCUT2D eigenvalue weighted by atomic mass is 32.1. The molecule has 0 saturated carbocycles. The summed E-state index contributed by atoms with van der Waals surface area (Å²) < 4.78 is 11.2. The molecule has 2 aliphatic heterocycles. The molecule has 4 rings (SSSR count). The van der Waals surface area contributed by atoms with E-state index in [1.807, 2.05) is 24.0 Å². The fourth-order valence-corrected chi connectivity index (χ4v) is 4.17. The minimum absolute atomic E-state index is 0.0764. The van der Waals surface area contributed by atoms with Crippen molar-refractivity contribution in [1.29, 1.82) is 0 Å². The normalized spacial score (nSPS) is 16.9. The quantitative estimate of drug-likeness (QED) is 0.763. The van der Waals surface area contributed by atoms with Crippen LogP contribution in [-0.2, 0) is 9.53 Å². The van der Waals surface area contributed by atoms with Crippen molar-refractivity contribution in [2.45, 2.75) is 13.8 Å². The molecule has 2 aliphatic rings. The van der Waals surface area contributed by atoms with Gasteiger partial charge in [-0.2, -0.15) is 0 Å². The Morgan fingerprint density at radius 3 is 2.52 bits per heavy atom. The second-order valence-electron chi connectivity index (χ2n) is 7.16. The molecule has 2 heterocycles. The van der Waals surface area contributed by atoms with E-state index in [1.165, 1.54) is 5.69 Å². The number of ether oxygens (including phenoxy) is 2. The molecular weight excluding hydrogens is 386 g/mol. The van der Waals surface area contributed by atoms with E-state index in [4.69, 9.17) is 21.7 Å². The van der Waals surface area contributed by atoms with Crippen molar-refractivity contribution in [2.75, 3.05) is 49.3 Å². The Labute approximate surface area is 176 Å². The summed E-state index contributed by atoms with van der Waals surface area (Å²) in [5, 5.41) is 3.17. The molecule has 0 aliphatic carbocycles. The number of carbonyl (C=O) groups excluding carboxylic acids is 1. The van der Waals surface area contributed by atoms with Gasteiger partial charge in [0.15, 0.2) is 5.11 Å². The first-order valence-electron chi connectivity index (χ1n) is 9.88. The van der Waals surface area contributed by atoms with Gasteiger partial charge in [-0.1, -0.05) is 12.1 Å². The Hall–Kier alpha value is -2.64. The van der Waals surface area contributed by atoms with Crippen molar-refractivity contribution < 1.29 is 14.3 Å². The number of thiocarbonyl (C=S) groups is 1. The Kier molecular flexibility index (Phi) is 5.69. The molecule has 2 aromatic rings. The van der Waals surface area contributed by atoms with Crippen LogP contribution < -0.4 is 19.9 Å². The van der Waals surface area contributed by atoms with E-state index >= 15 is 0 Å². The maximum atomic E-state index is 11.8. The van der Waals surface area contributed by atoms with Crippen LogP contribution in [0.4, 0.5) is 11.4 Å².